The standard InChI is InChI=1S/C27H27N3O/c1-19-10-11-20-17-26(30(25(20)16-19)21-8-4-2-5-9-21)27(31)23-18-22(12-13-24(23)28)29-14-6-3-7-15-29/h2,4-5,8-13,16-18H,3,6-7,14-15,28H2,1H3. The molecule has 1 aliphatic rings. The highest BCUT2D eigenvalue weighted by atomic mass is 16.1. The molecule has 156 valence electrons. The van der Waals surface area contributed by atoms with E-state index in [1.807, 2.05) is 54.6 Å². The first-order valence-corrected chi connectivity index (χ1v) is 11.0. The minimum absolute atomic E-state index is 0.0472. The van der Waals surface area contributed by atoms with Gasteiger partial charge in [-0.25, -0.2) is 0 Å². The molecule has 0 radical (unpaired) electrons. The number of aryl methyl sites for hydroxylation is 1. The van der Waals surface area contributed by atoms with Gasteiger partial charge in [-0.05, 0) is 74.2 Å². The fourth-order valence-electron chi connectivity index (χ4n) is 4.56. The Balaban J connectivity index is 1.65. The number of carbonyl (C=O) groups is 1. The number of anilines is 2. The van der Waals surface area contributed by atoms with Gasteiger partial charge in [-0.1, -0.05) is 30.3 Å². The maximum atomic E-state index is 13.8. The molecule has 1 saturated heterocycles. The minimum Gasteiger partial charge on any atom is -0.398 e. The van der Waals surface area contributed by atoms with Gasteiger partial charge in [-0.3, -0.25) is 4.79 Å². The van der Waals surface area contributed by atoms with Crippen LogP contribution in [0.1, 0.15) is 40.9 Å². The van der Waals surface area contributed by atoms with Crippen LogP contribution in [-0.4, -0.2) is 23.4 Å². The summed E-state index contributed by atoms with van der Waals surface area (Å²) in [5.74, 6) is -0.0472. The molecule has 3 aromatic carbocycles. The molecule has 1 aromatic heterocycles. The second-order valence-electron chi connectivity index (χ2n) is 8.41. The second kappa shape index (κ2) is 7.95. The fourth-order valence-corrected chi connectivity index (χ4v) is 4.56. The number of hydrogen-bond acceptors (Lipinski definition) is 3. The SMILES string of the molecule is Cc1ccc2cc(C(=O)c3cc(N4CCCCC4)ccc3N)n(-c3ccccc3)c2c1. The normalized spacial score (nSPS) is 14.2. The lowest BCUT2D eigenvalue weighted by molar-refractivity contribution is 0.103. The predicted octanol–water partition coefficient (Wildman–Crippen LogP) is 5.74. The summed E-state index contributed by atoms with van der Waals surface area (Å²) < 4.78 is 2.05. The van der Waals surface area contributed by atoms with Crippen molar-refractivity contribution in [2.75, 3.05) is 23.7 Å². The number of rotatable bonds is 4. The van der Waals surface area contributed by atoms with Crippen LogP contribution in [0, 0.1) is 6.92 Å². The summed E-state index contributed by atoms with van der Waals surface area (Å²) in [4.78, 5) is 16.2. The van der Waals surface area contributed by atoms with Gasteiger partial charge in [0.15, 0.2) is 0 Å². The van der Waals surface area contributed by atoms with Crippen LogP contribution in [0.2, 0.25) is 0 Å². The van der Waals surface area contributed by atoms with Crippen molar-refractivity contribution in [3.05, 3.63) is 89.6 Å². The Morgan fingerprint density at radius 1 is 0.839 bits per heavy atom. The van der Waals surface area contributed by atoms with Crippen LogP contribution in [0.15, 0.2) is 72.8 Å². The number of para-hydroxylation sites is 1. The summed E-state index contributed by atoms with van der Waals surface area (Å²) >= 11 is 0. The third-order valence-corrected chi connectivity index (χ3v) is 6.21. The van der Waals surface area contributed by atoms with Crippen molar-refractivity contribution in [2.24, 2.45) is 0 Å². The van der Waals surface area contributed by atoms with Crippen molar-refractivity contribution in [1.29, 1.82) is 0 Å². The van der Waals surface area contributed by atoms with Gasteiger partial charge in [0, 0.05) is 41.1 Å². The number of fused-ring (bicyclic) bond motifs is 1. The molecule has 1 fully saturated rings. The quantitative estimate of drug-likeness (QED) is 0.345. The molecule has 4 heteroatoms. The molecular formula is C27H27N3O. The third-order valence-electron chi connectivity index (χ3n) is 6.21. The summed E-state index contributed by atoms with van der Waals surface area (Å²) in [6, 6.07) is 24.2. The van der Waals surface area contributed by atoms with E-state index in [4.69, 9.17) is 5.73 Å². The van der Waals surface area contributed by atoms with Crippen molar-refractivity contribution in [3.63, 3.8) is 0 Å². The zero-order valence-corrected chi connectivity index (χ0v) is 17.8. The highest BCUT2D eigenvalue weighted by Gasteiger charge is 2.22. The van der Waals surface area contributed by atoms with Gasteiger partial charge in [-0.2, -0.15) is 0 Å². The molecule has 0 bridgehead atoms. The van der Waals surface area contributed by atoms with Crippen LogP contribution >= 0.6 is 0 Å². The molecule has 31 heavy (non-hydrogen) atoms. The zero-order chi connectivity index (χ0) is 21.4. The molecule has 0 unspecified atom stereocenters. The first-order valence-electron chi connectivity index (χ1n) is 11.0. The number of ketones is 1. The second-order valence-corrected chi connectivity index (χ2v) is 8.41. The molecule has 2 heterocycles. The molecule has 0 atom stereocenters. The van der Waals surface area contributed by atoms with Crippen LogP contribution in [0.3, 0.4) is 0 Å². The molecular weight excluding hydrogens is 382 g/mol. The molecule has 2 N–H and O–H groups in total. The summed E-state index contributed by atoms with van der Waals surface area (Å²) in [7, 11) is 0. The first kappa shape index (κ1) is 19.4. The van der Waals surface area contributed by atoms with Gasteiger partial charge in [0.2, 0.25) is 5.78 Å². The summed E-state index contributed by atoms with van der Waals surface area (Å²) in [6.07, 6.45) is 3.65. The number of nitrogen functional groups attached to an aromatic ring is 1. The fraction of sp³-hybridized carbons (Fsp3) is 0.222. The van der Waals surface area contributed by atoms with E-state index in [1.54, 1.807) is 0 Å². The monoisotopic (exact) mass is 409 g/mol. The van der Waals surface area contributed by atoms with E-state index < -0.39 is 0 Å². The first-order chi connectivity index (χ1) is 15.1. The molecule has 0 saturated carbocycles. The number of piperidine rings is 1. The molecule has 4 aromatic rings. The van der Waals surface area contributed by atoms with E-state index in [2.05, 4.69) is 34.6 Å². The lowest BCUT2D eigenvalue weighted by atomic mass is 10.0. The maximum absolute atomic E-state index is 13.8. The van der Waals surface area contributed by atoms with Crippen LogP contribution in [0.25, 0.3) is 16.6 Å². The largest absolute Gasteiger partial charge is 0.398 e. The molecule has 1 aliphatic heterocycles. The van der Waals surface area contributed by atoms with Crippen molar-refractivity contribution in [2.45, 2.75) is 26.2 Å². The average Bonchev–Trinajstić information content (AvgIpc) is 3.18. The van der Waals surface area contributed by atoms with Gasteiger partial charge < -0.3 is 15.2 Å². The highest BCUT2D eigenvalue weighted by molar-refractivity contribution is 6.14. The van der Waals surface area contributed by atoms with Crippen molar-refractivity contribution >= 4 is 28.1 Å². The lowest BCUT2D eigenvalue weighted by Gasteiger charge is -2.29. The van der Waals surface area contributed by atoms with Crippen LogP contribution in [-0.2, 0) is 0 Å². The van der Waals surface area contributed by atoms with Crippen molar-refractivity contribution in [1.82, 2.24) is 4.57 Å². The third kappa shape index (κ3) is 3.59. The summed E-state index contributed by atoms with van der Waals surface area (Å²) in [6.45, 7) is 4.13. The minimum atomic E-state index is -0.0472. The Morgan fingerprint density at radius 2 is 1.61 bits per heavy atom. The highest BCUT2D eigenvalue weighted by Crippen LogP contribution is 2.30. The van der Waals surface area contributed by atoms with Gasteiger partial charge in [-0.15, -0.1) is 0 Å². The van der Waals surface area contributed by atoms with Crippen LogP contribution < -0.4 is 10.6 Å². The van der Waals surface area contributed by atoms with Crippen molar-refractivity contribution in [3.8, 4) is 5.69 Å². The summed E-state index contributed by atoms with van der Waals surface area (Å²) in [5, 5.41) is 1.04. The van der Waals surface area contributed by atoms with Gasteiger partial charge in [0.25, 0.3) is 0 Å². The van der Waals surface area contributed by atoms with Gasteiger partial charge >= 0.3 is 0 Å². The number of nitrogens with two attached hydrogens (primary N) is 1. The van der Waals surface area contributed by atoms with E-state index in [0.717, 1.165) is 40.9 Å². The van der Waals surface area contributed by atoms with Crippen LogP contribution in [0.5, 0.6) is 0 Å². The van der Waals surface area contributed by atoms with E-state index in [9.17, 15) is 4.79 Å². The lowest BCUT2D eigenvalue weighted by Crippen LogP contribution is -2.29. The molecule has 0 amide bonds. The number of benzene rings is 3. The Morgan fingerprint density at radius 3 is 2.39 bits per heavy atom. The maximum Gasteiger partial charge on any atom is 0.211 e. The smallest absolute Gasteiger partial charge is 0.211 e. The van der Waals surface area contributed by atoms with Crippen molar-refractivity contribution < 1.29 is 4.79 Å². The average molecular weight is 410 g/mol. The predicted molar refractivity (Wildman–Crippen MR) is 128 cm³/mol. The Bertz CT molecular complexity index is 1250. The van der Waals surface area contributed by atoms with Crippen LogP contribution in [0.4, 0.5) is 11.4 Å². The molecule has 5 rings (SSSR count). The van der Waals surface area contributed by atoms with E-state index in [-0.39, 0.29) is 5.78 Å². The Labute approximate surface area is 182 Å². The van der Waals surface area contributed by atoms with E-state index in [1.165, 1.54) is 19.3 Å². The number of hydrogen-bond donors (Lipinski definition) is 1. The number of nitrogens with zero attached hydrogens (tertiary/aromatic N) is 2. The van der Waals surface area contributed by atoms with E-state index in [0.29, 0.717) is 16.9 Å². The number of aromatic nitrogens is 1. The zero-order valence-electron chi connectivity index (χ0n) is 17.8. The molecule has 0 aliphatic carbocycles. The Hall–Kier alpha value is -3.53. The van der Waals surface area contributed by atoms with E-state index >= 15 is 0 Å². The summed E-state index contributed by atoms with van der Waals surface area (Å²) in [5.41, 5.74) is 12.3. The topological polar surface area (TPSA) is 51.3 Å². The van der Waals surface area contributed by atoms with Gasteiger partial charge in [0.1, 0.15) is 0 Å². The molecule has 0 spiro atoms. The Kier molecular flexibility index (Phi) is 4.99. The van der Waals surface area contributed by atoms with Gasteiger partial charge in [0.05, 0.1) is 11.2 Å². The number of carbonyl (C=O) groups excluding carboxylic acids is 1. The molecule has 4 nitrogen and oxygen atoms in total.